The second kappa shape index (κ2) is 4.74. The summed E-state index contributed by atoms with van der Waals surface area (Å²) in [4.78, 5) is 16.1. The molecule has 0 radical (unpaired) electrons. The second-order valence-corrected chi connectivity index (χ2v) is 5.56. The lowest BCUT2D eigenvalue weighted by atomic mass is 10.2. The Labute approximate surface area is 112 Å². The first-order chi connectivity index (χ1) is 8.78. The normalized spacial score (nSPS) is 21.8. The third-order valence-electron chi connectivity index (χ3n) is 2.86. The van der Waals surface area contributed by atoms with Crippen LogP contribution < -0.4 is 5.32 Å². The summed E-state index contributed by atoms with van der Waals surface area (Å²) in [5.41, 5.74) is 0. The zero-order valence-electron chi connectivity index (χ0n) is 9.62. The molecule has 2 unspecified atom stereocenters. The third kappa shape index (κ3) is 2.28. The molecule has 5 nitrogen and oxygen atoms in total. The average molecular weight is 281 g/mol. The molecular weight excluding hydrogens is 270 g/mol. The molecule has 0 spiro atoms. The predicted molar refractivity (Wildman–Crippen MR) is 69.9 cm³/mol. The molecular formula is C11H11N3O2S2. The van der Waals surface area contributed by atoms with Crippen LogP contribution in [0.2, 0.25) is 0 Å². The van der Waals surface area contributed by atoms with Crippen LogP contribution in [0.1, 0.15) is 18.1 Å². The van der Waals surface area contributed by atoms with Crippen LogP contribution in [0, 0.1) is 5.92 Å². The van der Waals surface area contributed by atoms with E-state index in [0.717, 1.165) is 12.2 Å². The van der Waals surface area contributed by atoms with Gasteiger partial charge in [0.15, 0.2) is 0 Å². The Morgan fingerprint density at radius 1 is 1.67 bits per heavy atom. The Morgan fingerprint density at radius 3 is 3.22 bits per heavy atom. The molecule has 2 atom stereocenters. The van der Waals surface area contributed by atoms with E-state index >= 15 is 0 Å². The van der Waals surface area contributed by atoms with Crippen molar-refractivity contribution >= 4 is 34.3 Å². The van der Waals surface area contributed by atoms with Gasteiger partial charge in [-0.05, 0) is 24.8 Å². The average Bonchev–Trinajstić information content (AvgIpc) is 2.80. The van der Waals surface area contributed by atoms with Crippen LogP contribution in [0.25, 0.3) is 0 Å². The van der Waals surface area contributed by atoms with Crippen LogP contribution in [0.3, 0.4) is 0 Å². The predicted octanol–water partition coefficient (Wildman–Crippen LogP) is 2.60. The number of hydrogen-bond donors (Lipinski definition) is 1. The van der Waals surface area contributed by atoms with Gasteiger partial charge in [0.25, 0.3) is 0 Å². The van der Waals surface area contributed by atoms with Crippen molar-refractivity contribution in [3.8, 4) is 0 Å². The van der Waals surface area contributed by atoms with E-state index in [0.29, 0.717) is 10.3 Å². The molecule has 1 fully saturated rings. The van der Waals surface area contributed by atoms with Gasteiger partial charge in [-0.1, -0.05) is 11.8 Å². The lowest BCUT2D eigenvalue weighted by Gasteiger charge is -1.98. The summed E-state index contributed by atoms with van der Waals surface area (Å²) in [6.45, 7) is 0. The zero-order chi connectivity index (χ0) is 12.5. The van der Waals surface area contributed by atoms with E-state index in [9.17, 15) is 4.79 Å². The van der Waals surface area contributed by atoms with E-state index < -0.39 is 0 Å². The molecule has 2 aromatic heterocycles. The number of nitrogens with zero attached hydrogens (tertiary/aromatic N) is 2. The van der Waals surface area contributed by atoms with Crippen LogP contribution in [0.5, 0.6) is 0 Å². The number of furan rings is 1. The Kier molecular flexibility index (Phi) is 3.09. The summed E-state index contributed by atoms with van der Waals surface area (Å²) >= 11 is 2.67. The van der Waals surface area contributed by atoms with E-state index in [4.69, 9.17) is 4.42 Å². The quantitative estimate of drug-likeness (QED) is 0.872. The van der Waals surface area contributed by atoms with Crippen molar-refractivity contribution in [3.05, 3.63) is 24.2 Å². The molecule has 1 saturated carbocycles. The number of hydrogen-bond acceptors (Lipinski definition) is 6. The number of nitrogens with one attached hydrogen (secondary N) is 1. The zero-order valence-corrected chi connectivity index (χ0v) is 11.3. The SMILES string of the molecule is CSc1nsc(NC(=O)C2CC2c2ccco2)n1. The van der Waals surface area contributed by atoms with Gasteiger partial charge in [-0.2, -0.15) is 9.36 Å². The highest BCUT2D eigenvalue weighted by Gasteiger charge is 2.46. The smallest absolute Gasteiger partial charge is 0.230 e. The largest absolute Gasteiger partial charge is 0.469 e. The molecule has 0 bridgehead atoms. The Hall–Kier alpha value is -1.34. The summed E-state index contributed by atoms with van der Waals surface area (Å²) < 4.78 is 9.40. The van der Waals surface area contributed by atoms with E-state index in [-0.39, 0.29) is 17.7 Å². The Morgan fingerprint density at radius 2 is 2.56 bits per heavy atom. The molecule has 1 aliphatic carbocycles. The Bertz CT molecular complexity index is 552. The minimum atomic E-state index is -0.00206. The summed E-state index contributed by atoms with van der Waals surface area (Å²) in [6, 6.07) is 3.76. The highest BCUT2D eigenvalue weighted by atomic mass is 32.2. The van der Waals surface area contributed by atoms with Crippen molar-refractivity contribution in [1.29, 1.82) is 0 Å². The first-order valence-electron chi connectivity index (χ1n) is 5.50. The molecule has 94 valence electrons. The first-order valence-corrected chi connectivity index (χ1v) is 7.49. The van der Waals surface area contributed by atoms with Crippen molar-refractivity contribution < 1.29 is 9.21 Å². The molecule has 1 amide bonds. The van der Waals surface area contributed by atoms with E-state index in [1.54, 1.807) is 6.26 Å². The number of carbonyl (C=O) groups is 1. The monoisotopic (exact) mass is 281 g/mol. The lowest BCUT2D eigenvalue weighted by Crippen LogP contribution is -2.14. The number of thioether (sulfide) groups is 1. The summed E-state index contributed by atoms with van der Waals surface area (Å²) in [7, 11) is 0. The molecule has 3 rings (SSSR count). The van der Waals surface area contributed by atoms with Crippen molar-refractivity contribution in [1.82, 2.24) is 9.36 Å². The van der Waals surface area contributed by atoms with Crippen LogP contribution in [-0.2, 0) is 4.79 Å². The van der Waals surface area contributed by atoms with Gasteiger partial charge >= 0.3 is 0 Å². The van der Waals surface area contributed by atoms with E-state index in [2.05, 4.69) is 14.7 Å². The lowest BCUT2D eigenvalue weighted by molar-refractivity contribution is -0.117. The fourth-order valence-electron chi connectivity index (χ4n) is 1.84. The van der Waals surface area contributed by atoms with E-state index in [1.807, 2.05) is 18.4 Å². The maximum atomic E-state index is 12.0. The van der Waals surface area contributed by atoms with Gasteiger partial charge in [0.2, 0.25) is 16.2 Å². The maximum absolute atomic E-state index is 12.0. The van der Waals surface area contributed by atoms with Gasteiger partial charge in [0.1, 0.15) is 5.76 Å². The minimum absolute atomic E-state index is 0.000188. The van der Waals surface area contributed by atoms with Crippen molar-refractivity contribution in [2.75, 3.05) is 11.6 Å². The van der Waals surface area contributed by atoms with Gasteiger partial charge in [-0.25, -0.2) is 0 Å². The van der Waals surface area contributed by atoms with Crippen LogP contribution in [-0.4, -0.2) is 21.5 Å². The van der Waals surface area contributed by atoms with Crippen LogP contribution in [0.15, 0.2) is 28.0 Å². The van der Waals surface area contributed by atoms with Gasteiger partial charge in [0.05, 0.1) is 6.26 Å². The number of aromatic nitrogens is 2. The molecule has 2 aromatic rings. The van der Waals surface area contributed by atoms with Crippen molar-refractivity contribution in [2.45, 2.75) is 17.5 Å². The topological polar surface area (TPSA) is 68.0 Å². The summed E-state index contributed by atoms with van der Waals surface area (Å²) in [6.07, 6.45) is 4.38. The number of carbonyl (C=O) groups excluding carboxylic acids is 1. The fourth-order valence-corrected chi connectivity index (χ4v) is 2.97. The first kappa shape index (κ1) is 11.7. The van der Waals surface area contributed by atoms with Crippen molar-refractivity contribution in [2.24, 2.45) is 5.92 Å². The molecule has 0 saturated heterocycles. The Balaban J connectivity index is 1.60. The van der Waals surface area contributed by atoms with E-state index in [1.165, 1.54) is 23.3 Å². The fraction of sp³-hybridized carbons (Fsp3) is 0.364. The van der Waals surface area contributed by atoms with Gasteiger partial charge in [-0.3, -0.25) is 4.79 Å². The van der Waals surface area contributed by atoms with Gasteiger partial charge < -0.3 is 9.73 Å². The molecule has 1 aliphatic rings. The number of amides is 1. The molecule has 0 aromatic carbocycles. The highest BCUT2D eigenvalue weighted by Crippen LogP contribution is 2.48. The molecule has 18 heavy (non-hydrogen) atoms. The molecule has 7 heteroatoms. The van der Waals surface area contributed by atoms with Crippen molar-refractivity contribution in [3.63, 3.8) is 0 Å². The molecule has 2 heterocycles. The second-order valence-electron chi connectivity index (χ2n) is 4.04. The molecule has 0 aliphatic heterocycles. The number of anilines is 1. The standard InChI is InChI=1S/C11H11N3O2S2/c1-17-11-13-10(18-14-11)12-9(15)7-5-6(7)8-3-2-4-16-8/h2-4,6-7H,5H2,1H3,(H,12,13,14,15). The van der Waals surface area contributed by atoms with Gasteiger partial charge in [-0.15, -0.1) is 0 Å². The minimum Gasteiger partial charge on any atom is -0.469 e. The van der Waals surface area contributed by atoms with Crippen LogP contribution >= 0.6 is 23.3 Å². The third-order valence-corrected chi connectivity index (χ3v) is 4.15. The summed E-state index contributed by atoms with van der Waals surface area (Å²) in [5, 5.41) is 4.05. The number of rotatable bonds is 4. The van der Waals surface area contributed by atoms with Crippen LogP contribution in [0.4, 0.5) is 5.13 Å². The summed E-state index contributed by atoms with van der Waals surface area (Å²) in [5.74, 6) is 1.10. The van der Waals surface area contributed by atoms with Gasteiger partial charge in [0, 0.05) is 23.4 Å². The highest BCUT2D eigenvalue weighted by molar-refractivity contribution is 7.98. The molecule has 1 N–H and O–H groups in total. The maximum Gasteiger partial charge on any atom is 0.230 e.